The number of nitrogens with zero attached hydrogens (tertiary/aromatic N) is 1. The summed E-state index contributed by atoms with van der Waals surface area (Å²) in [5, 5.41) is 1.05. The normalized spacial score (nSPS) is 13.7. The van der Waals surface area contributed by atoms with Gasteiger partial charge in [0.25, 0.3) is 0 Å². The van der Waals surface area contributed by atoms with Crippen LogP contribution in [0.5, 0.6) is 5.75 Å². The van der Waals surface area contributed by atoms with Gasteiger partial charge in [-0.15, -0.1) is 0 Å². The van der Waals surface area contributed by atoms with E-state index < -0.39 is 0 Å². The third-order valence-electron chi connectivity index (χ3n) is 3.08. The fourth-order valence-electron chi connectivity index (χ4n) is 2.35. The molecule has 3 nitrogen and oxygen atoms in total. The van der Waals surface area contributed by atoms with Gasteiger partial charge in [-0.25, -0.2) is 0 Å². The molecule has 0 spiro atoms. The molecule has 0 saturated heterocycles. The van der Waals surface area contributed by atoms with Crippen LogP contribution in [0.4, 0.5) is 0 Å². The molecular formula is C14H13NO2. The van der Waals surface area contributed by atoms with Crippen LogP contribution >= 0.6 is 0 Å². The van der Waals surface area contributed by atoms with Crippen molar-refractivity contribution in [3.63, 3.8) is 0 Å². The summed E-state index contributed by atoms with van der Waals surface area (Å²) in [5.41, 5.74) is 3.52. The largest absolute Gasteiger partial charge is 0.427 e. The highest BCUT2D eigenvalue weighted by Crippen LogP contribution is 2.26. The van der Waals surface area contributed by atoms with Crippen molar-refractivity contribution in [2.75, 3.05) is 0 Å². The molecule has 1 aromatic carbocycles. The number of carbonyl (C=O) groups is 1. The number of aromatic nitrogens is 1. The number of hydrogen-bond donors (Lipinski definition) is 0. The highest BCUT2D eigenvalue weighted by Gasteiger charge is 2.13. The van der Waals surface area contributed by atoms with Crippen LogP contribution in [0.25, 0.3) is 10.9 Å². The van der Waals surface area contributed by atoms with E-state index in [9.17, 15) is 4.79 Å². The maximum Gasteiger partial charge on any atom is 0.308 e. The summed E-state index contributed by atoms with van der Waals surface area (Å²) >= 11 is 0. The van der Waals surface area contributed by atoms with Crippen LogP contribution in [0, 0.1) is 0 Å². The number of fused-ring (bicyclic) bond motifs is 2. The first-order chi connectivity index (χ1) is 8.22. The van der Waals surface area contributed by atoms with Crippen molar-refractivity contribution in [2.24, 2.45) is 0 Å². The van der Waals surface area contributed by atoms with E-state index in [2.05, 4.69) is 11.1 Å². The van der Waals surface area contributed by atoms with E-state index in [1.807, 2.05) is 12.1 Å². The molecule has 86 valence electrons. The lowest BCUT2D eigenvalue weighted by atomic mass is 10.1. The molecule has 0 fully saturated rings. The Morgan fingerprint density at radius 3 is 3.00 bits per heavy atom. The van der Waals surface area contributed by atoms with Gasteiger partial charge in [-0.3, -0.25) is 9.78 Å². The lowest BCUT2D eigenvalue weighted by Crippen LogP contribution is -2.01. The molecule has 0 saturated carbocycles. The number of esters is 1. The van der Waals surface area contributed by atoms with Gasteiger partial charge in [0.1, 0.15) is 5.75 Å². The van der Waals surface area contributed by atoms with Crippen molar-refractivity contribution in [3.05, 3.63) is 35.5 Å². The first-order valence-electron chi connectivity index (χ1n) is 5.83. The fourth-order valence-corrected chi connectivity index (χ4v) is 2.35. The summed E-state index contributed by atoms with van der Waals surface area (Å²) in [6.45, 7) is 1.41. The van der Waals surface area contributed by atoms with Crippen molar-refractivity contribution in [3.8, 4) is 5.75 Å². The molecule has 1 aromatic heterocycles. The van der Waals surface area contributed by atoms with Crippen LogP contribution in [-0.2, 0) is 17.6 Å². The van der Waals surface area contributed by atoms with Crippen LogP contribution in [-0.4, -0.2) is 11.0 Å². The number of aryl methyl sites for hydroxylation is 2. The molecule has 0 atom stereocenters. The number of rotatable bonds is 1. The molecule has 0 radical (unpaired) electrons. The molecule has 17 heavy (non-hydrogen) atoms. The highest BCUT2D eigenvalue weighted by atomic mass is 16.5. The number of ether oxygens (including phenoxy) is 1. The monoisotopic (exact) mass is 227 g/mol. The molecule has 1 aliphatic carbocycles. The van der Waals surface area contributed by atoms with E-state index in [4.69, 9.17) is 4.74 Å². The number of benzene rings is 1. The standard InChI is InChI=1S/C14H13NO2/c1-9(16)17-12-5-6-14-11(8-12)7-10-3-2-4-13(10)15-14/h5-8H,2-4H2,1H3. The second kappa shape index (κ2) is 3.84. The Morgan fingerprint density at radius 1 is 1.29 bits per heavy atom. The van der Waals surface area contributed by atoms with Crippen LogP contribution < -0.4 is 4.74 Å². The van der Waals surface area contributed by atoms with Gasteiger partial charge in [0.2, 0.25) is 0 Å². The number of pyridine rings is 1. The molecular weight excluding hydrogens is 214 g/mol. The predicted molar refractivity (Wildman–Crippen MR) is 65.1 cm³/mol. The molecule has 0 N–H and O–H groups in total. The van der Waals surface area contributed by atoms with Gasteiger partial charge in [-0.2, -0.15) is 0 Å². The Balaban J connectivity index is 2.10. The Kier molecular flexibility index (Phi) is 2.32. The van der Waals surface area contributed by atoms with Gasteiger partial charge in [-0.05, 0) is 49.1 Å². The molecule has 3 heteroatoms. The highest BCUT2D eigenvalue weighted by molar-refractivity contribution is 5.82. The molecule has 0 amide bonds. The Labute approximate surface area is 99.4 Å². The minimum absolute atomic E-state index is 0.293. The third-order valence-corrected chi connectivity index (χ3v) is 3.08. The average Bonchev–Trinajstić information content (AvgIpc) is 2.72. The van der Waals surface area contributed by atoms with Crippen LogP contribution in [0.1, 0.15) is 24.6 Å². The third kappa shape index (κ3) is 1.88. The molecule has 1 aliphatic rings. The van der Waals surface area contributed by atoms with Crippen molar-refractivity contribution < 1.29 is 9.53 Å². The minimum Gasteiger partial charge on any atom is -0.427 e. The summed E-state index contributed by atoms with van der Waals surface area (Å²) in [4.78, 5) is 15.5. The van der Waals surface area contributed by atoms with Gasteiger partial charge in [-0.1, -0.05) is 0 Å². The predicted octanol–water partition coefficient (Wildman–Crippen LogP) is 2.65. The van der Waals surface area contributed by atoms with E-state index in [1.165, 1.54) is 24.6 Å². The Bertz CT molecular complexity index is 604. The van der Waals surface area contributed by atoms with Gasteiger partial charge in [0, 0.05) is 18.0 Å². The quantitative estimate of drug-likeness (QED) is 0.555. The average molecular weight is 227 g/mol. The van der Waals surface area contributed by atoms with E-state index in [0.717, 1.165) is 23.7 Å². The maximum absolute atomic E-state index is 10.9. The smallest absolute Gasteiger partial charge is 0.308 e. The van der Waals surface area contributed by atoms with Gasteiger partial charge in [0.05, 0.1) is 5.52 Å². The molecule has 0 unspecified atom stereocenters. The first kappa shape index (κ1) is 10.3. The summed E-state index contributed by atoms with van der Waals surface area (Å²) in [5.74, 6) is 0.295. The molecule has 0 aliphatic heterocycles. The first-order valence-corrected chi connectivity index (χ1v) is 5.83. The zero-order valence-electron chi connectivity index (χ0n) is 9.69. The summed E-state index contributed by atoms with van der Waals surface area (Å²) in [7, 11) is 0. The number of carbonyl (C=O) groups excluding carboxylic acids is 1. The van der Waals surface area contributed by atoms with Crippen LogP contribution in [0.15, 0.2) is 24.3 Å². The topological polar surface area (TPSA) is 39.2 Å². The van der Waals surface area contributed by atoms with E-state index in [1.54, 1.807) is 6.07 Å². The minimum atomic E-state index is -0.293. The van der Waals surface area contributed by atoms with Gasteiger partial charge in [0.15, 0.2) is 0 Å². The van der Waals surface area contributed by atoms with Gasteiger partial charge >= 0.3 is 5.97 Å². The van der Waals surface area contributed by atoms with E-state index >= 15 is 0 Å². The molecule has 0 bridgehead atoms. The summed E-state index contributed by atoms with van der Waals surface area (Å²) in [6, 6.07) is 7.74. The van der Waals surface area contributed by atoms with E-state index in [0.29, 0.717) is 5.75 Å². The van der Waals surface area contributed by atoms with E-state index in [-0.39, 0.29) is 5.97 Å². The van der Waals surface area contributed by atoms with Gasteiger partial charge < -0.3 is 4.74 Å². The van der Waals surface area contributed by atoms with Crippen LogP contribution in [0.3, 0.4) is 0 Å². The number of hydrogen-bond acceptors (Lipinski definition) is 3. The fraction of sp³-hybridized carbons (Fsp3) is 0.286. The van der Waals surface area contributed by atoms with Crippen LogP contribution in [0.2, 0.25) is 0 Å². The lowest BCUT2D eigenvalue weighted by molar-refractivity contribution is -0.131. The SMILES string of the molecule is CC(=O)Oc1ccc2nc3c(cc2c1)CCC3. The molecule has 1 heterocycles. The summed E-state index contributed by atoms with van der Waals surface area (Å²) < 4.78 is 5.07. The van der Waals surface area contributed by atoms with Crippen molar-refractivity contribution in [1.82, 2.24) is 4.98 Å². The lowest BCUT2D eigenvalue weighted by Gasteiger charge is -2.05. The Hall–Kier alpha value is -1.90. The molecule has 3 rings (SSSR count). The second-order valence-electron chi connectivity index (χ2n) is 4.40. The Morgan fingerprint density at radius 2 is 2.18 bits per heavy atom. The van der Waals surface area contributed by atoms with Crippen molar-refractivity contribution in [1.29, 1.82) is 0 Å². The van der Waals surface area contributed by atoms with Crippen molar-refractivity contribution >= 4 is 16.9 Å². The van der Waals surface area contributed by atoms with Crippen molar-refractivity contribution in [2.45, 2.75) is 26.2 Å². The summed E-state index contributed by atoms with van der Waals surface area (Å²) in [6.07, 6.45) is 3.38. The maximum atomic E-state index is 10.9. The second-order valence-corrected chi connectivity index (χ2v) is 4.40. The zero-order chi connectivity index (χ0) is 11.8. The zero-order valence-corrected chi connectivity index (χ0v) is 9.69. The molecule has 2 aromatic rings.